The molecule has 0 aromatic rings. The lowest BCUT2D eigenvalue weighted by molar-refractivity contribution is -0.117. The molecular formula is C10H12ClNO. The predicted molar refractivity (Wildman–Crippen MR) is 54.7 cm³/mol. The average Bonchev–Trinajstić information content (AvgIpc) is 2.41. The molecule has 13 heavy (non-hydrogen) atoms. The summed E-state index contributed by atoms with van der Waals surface area (Å²) in [7, 11) is 1.63. The number of hydrogen-bond donors (Lipinski definition) is 1. The molecular weight excluding hydrogens is 186 g/mol. The van der Waals surface area contributed by atoms with Crippen LogP contribution in [-0.4, -0.2) is 18.8 Å². The van der Waals surface area contributed by atoms with Crippen molar-refractivity contribution in [1.82, 2.24) is 5.32 Å². The predicted octanol–water partition coefficient (Wildman–Crippen LogP) is 1.78. The average molecular weight is 198 g/mol. The first-order valence-corrected chi connectivity index (χ1v) is 4.65. The Morgan fingerprint density at radius 1 is 1.62 bits per heavy atom. The summed E-state index contributed by atoms with van der Waals surface area (Å²) in [5.74, 6) is 0.449. The van der Waals surface area contributed by atoms with E-state index in [2.05, 4.69) is 5.32 Å². The van der Waals surface area contributed by atoms with Crippen LogP contribution in [0.2, 0.25) is 0 Å². The summed E-state index contributed by atoms with van der Waals surface area (Å²) in [5.41, 5.74) is 1.79. The van der Waals surface area contributed by atoms with E-state index in [0.717, 1.165) is 11.1 Å². The van der Waals surface area contributed by atoms with Crippen molar-refractivity contribution < 1.29 is 4.79 Å². The van der Waals surface area contributed by atoms with Gasteiger partial charge in [0.25, 0.3) is 0 Å². The Balaban J connectivity index is 2.80. The molecule has 0 spiro atoms. The first kappa shape index (κ1) is 10.1. The zero-order chi connectivity index (χ0) is 9.68. The van der Waals surface area contributed by atoms with E-state index in [9.17, 15) is 4.79 Å². The van der Waals surface area contributed by atoms with E-state index in [0.29, 0.717) is 12.3 Å². The second-order valence-electron chi connectivity index (χ2n) is 2.75. The highest BCUT2D eigenvalue weighted by Crippen LogP contribution is 2.12. The molecule has 0 aliphatic heterocycles. The molecule has 0 aromatic carbocycles. The van der Waals surface area contributed by atoms with E-state index < -0.39 is 0 Å². The standard InChI is InChI=1S/C10H12ClNO/c1-12-10(13)9-4-2-3-8(7-11)5-6-9/h2-3,5-6H,4,7H2,1H3,(H,12,13). The fraction of sp³-hybridized carbons (Fsp3) is 0.300. The smallest absolute Gasteiger partial charge is 0.247 e. The molecule has 0 aromatic heterocycles. The molecule has 1 aliphatic rings. The van der Waals surface area contributed by atoms with Crippen molar-refractivity contribution in [3.63, 3.8) is 0 Å². The molecule has 0 fully saturated rings. The van der Waals surface area contributed by atoms with Gasteiger partial charge in [-0.25, -0.2) is 0 Å². The van der Waals surface area contributed by atoms with Crippen LogP contribution in [0.1, 0.15) is 6.42 Å². The lowest BCUT2D eigenvalue weighted by atomic mass is 10.1. The molecule has 2 nitrogen and oxygen atoms in total. The number of halogens is 1. The van der Waals surface area contributed by atoms with Crippen LogP contribution in [0.25, 0.3) is 0 Å². The first-order chi connectivity index (χ1) is 6.27. The Morgan fingerprint density at radius 3 is 3.00 bits per heavy atom. The number of carbonyl (C=O) groups excluding carboxylic acids is 1. The lowest BCUT2D eigenvalue weighted by Gasteiger charge is -1.99. The van der Waals surface area contributed by atoms with Crippen molar-refractivity contribution in [2.24, 2.45) is 0 Å². The van der Waals surface area contributed by atoms with Gasteiger partial charge in [-0.1, -0.05) is 24.3 Å². The lowest BCUT2D eigenvalue weighted by Crippen LogP contribution is -2.19. The zero-order valence-corrected chi connectivity index (χ0v) is 8.27. The third-order valence-corrected chi connectivity index (χ3v) is 2.15. The zero-order valence-electron chi connectivity index (χ0n) is 7.51. The maximum absolute atomic E-state index is 11.2. The van der Waals surface area contributed by atoms with Crippen LogP contribution in [0.4, 0.5) is 0 Å². The minimum absolute atomic E-state index is 0.0308. The Bertz CT molecular complexity index is 289. The molecule has 0 atom stereocenters. The second kappa shape index (κ2) is 4.87. The second-order valence-corrected chi connectivity index (χ2v) is 3.02. The quantitative estimate of drug-likeness (QED) is 0.672. The highest BCUT2D eigenvalue weighted by atomic mass is 35.5. The van der Waals surface area contributed by atoms with E-state index in [1.165, 1.54) is 0 Å². The number of amides is 1. The largest absolute Gasteiger partial charge is 0.355 e. The van der Waals surface area contributed by atoms with Crippen LogP contribution in [-0.2, 0) is 4.79 Å². The van der Waals surface area contributed by atoms with Gasteiger partial charge in [-0.15, -0.1) is 11.6 Å². The Hall–Kier alpha value is -1.02. The number of nitrogens with one attached hydrogen (secondary N) is 1. The van der Waals surface area contributed by atoms with E-state index in [1.54, 1.807) is 7.05 Å². The van der Waals surface area contributed by atoms with E-state index in [1.807, 2.05) is 24.3 Å². The van der Waals surface area contributed by atoms with Gasteiger partial charge in [-0.2, -0.15) is 0 Å². The van der Waals surface area contributed by atoms with Gasteiger partial charge in [0, 0.05) is 18.5 Å². The van der Waals surface area contributed by atoms with Gasteiger partial charge in [0.1, 0.15) is 0 Å². The summed E-state index contributed by atoms with van der Waals surface area (Å²) in [6, 6.07) is 0. The SMILES string of the molecule is CNC(=O)C1=CC=C(CCl)C=CC1. The van der Waals surface area contributed by atoms with Crippen LogP contribution >= 0.6 is 11.6 Å². The Labute approximate surface area is 83.0 Å². The number of likely N-dealkylation sites (N-methyl/N-ethyl adjacent to an activating group) is 1. The van der Waals surface area contributed by atoms with Gasteiger partial charge in [-0.3, -0.25) is 4.79 Å². The molecule has 70 valence electrons. The molecule has 1 aliphatic carbocycles. The van der Waals surface area contributed by atoms with Crippen molar-refractivity contribution in [3.8, 4) is 0 Å². The maximum atomic E-state index is 11.2. The minimum atomic E-state index is -0.0308. The number of hydrogen-bond acceptors (Lipinski definition) is 1. The summed E-state index contributed by atoms with van der Waals surface area (Å²) < 4.78 is 0. The third-order valence-electron chi connectivity index (χ3n) is 1.84. The van der Waals surface area contributed by atoms with Crippen molar-refractivity contribution >= 4 is 17.5 Å². The Morgan fingerprint density at radius 2 is 2.38 bits per heavy atom. The molecule has 0 radical (unpaired) electrons. The molecule has 0 bridgehead atoms. The van der Waals surface area contributed by atoms with E-state index in [-0.39, 0.29) is 5.91 Å². The molecule has 0 unspecified atom stereocenters. The van der Waals surface area contributed by atoms with Gasteiger partial charge in [0.2, 0.25) is 5.91 Å². The normalized spacial score (nSPS) is 15.8. The minimum Gasteiger partial charge on any atom is -0.355 e. The molecule has 1 rings (SSSR count). The van der Waals surface area contributed by atoms with Crippen molar-refractivity contribution in [3.05, 3.63) is 35.5 Å². The number of alkyl halides is 1. The number of allylic oxidation sites excluding steroid dienone is 5. The molecule has 1 amide bonds. The van der Waals surface area contributed by atoms with E-state index >= 15 is 0 Å². The molecule has 1 N–H and O–H groups in total. The third kappa shape index (κ3) is 2.74. The van der Waals surface area contributed by atoms with Crippen molar-refractivity contribution in [2.75, 3.05) is 12.9 Å². The highest BCUT2D eigenvalue weighted by molar-refractivity contribution is 6.19. The van der Waals surface area contributed by atoms with Gasteiger partial charge in [-0.05, 0) is 12.0 Å². The summed E-state index contributed by atoms with van der Waals surface area (Å²) in [4.78, 5) is 11.2. The molecule has 0 heterocycles. The van der Waals surface area contributed by atoms with Gasteiger partial charge in [0.15, 0.2) is 0 Å². The maximum Gasteiger partial charge on any atom is 0.247 e. The van der Waals surface area contributed by atoms with Crippen LogP contribution in [0, 0.1) is 0 Å². The summed E-state index contributed by atoms with van der Waals surface area (Å²) in [6.07, 6.45) is 8.25. The summed E-state index contributed by atoms with van der Waals surface area (Å²) in [6.45, 7) is 0. The summed E-state index contributed by atoms with van der Waals surface area (Å²) >= 11 is 5.66. The molecule has 3 heteroatoms. The van der Waals surface area contributed by atoms with Gasteiger partial charge in [0.05, 0.1) is 0 Å². The number of carbonyl (C=O) groups is 1. The van der Waals surface area contributed by atoms with E-state index in [4.69, 9.17) is 11.6 Å². The monoisotopic (exact) mass is 197 g/mol. The van der Waals surface area contributed by atoms with Crippen LogP contribution in [0.5, 0.6) is 0 Å². The summed E-state index contributed by atoms with van der Waals surface area (Å²) in [5, 5.41) is 2.59. The van der Waals surface area contributed by atoms with Crippen molar-refractivity contribution in [2.45, 2.75) is 6.42 Å². The fourth-order valence-corrected chi connectivity index (χ4v) is 1.26. The topological polar surface area (TPSA) is 29.1 Å². The van der Waals surface area contributed by atoms with Crippen molar-refractivity contribution in [1.29, 1.82) is 0 Å². The van der Waals surface area contributed by atoms with Gasteiger partial charge >= 0.3 is 0 Å². The highest BCUT2D eigenvalue weighted by Gasteiger charge is 2.05. The number of rotatable bonds is 2. The van der Waals surface area contributed by atoms with Crippen LogP contribution in [0.15, 0.2) is 35.5 Å². The molecule has 0 saturated carbocycles. The molecule has 0 saturated heterocycles. The fourth-order valence-electron chi connectivity index (χ4n) is 1.09. The van der Waals surface area contributed by atoms with Crippen LogP contribution in [0.3, 0.4) is 0 Å². The first-order valence-electron chi connectivity index (χ1n) is 4.12. The van der Waals surface area contributed by atoms with Gasteiger partial charge < -0.3 is 5.32 Å². The van der Waals surface area contributed by atoms with Crippen LogP contribution < -0.4 is 5.32 Å². The Kier molecular flexibility index (Phi) is 3.77.